The van der Waals surface area contributed by atoms with Crippen LogP contribution in [0.2, 0.25) is 0 Å². The van der Waals surface area contributed by atoms with Crippen LogP contribution < -0.4 is 15.5 Å². The standard InChI is InChI=1S/C23H30N4O2/c1-23(2,3)18-9-11-19(12-10-18)25-22(29)24-17-21(28)27-15-13-26(14-16-27)20-7-5-4-6-8-20/h4-12H,13-17H2,1-3H3,(H2,24,25,29). The second kappa shape index (κ2) is 8.99. The van der Waals surface area contributed by atoms with Gasteiger partial charge in [-0.2, -0.15) is 0 Å². The van der Waals surface area contributed by atoms with Gasteiger partial charge in [-0.3, -0.25) is 4.79 Å². The number of hydrogen-bond acceptors (Lipinski definition) is 3. The van der Waals surface area contributed by atoms with Gasteiger partial charge in [0.2, 0.25) is 5.91 Å². The molecule has 3 amide bonds. The molecule has 0 unspecified atom stereocenters. The fourth-order valence-electron chi connectivity index (χ4n) is 3.35. The van der Waals surface area contributed by atoms with E-state index in [1.165, 1.54) is 11.3 Å². The van der Waals surface area contributed by atoms with Crippen LogP contribution in [0.3, 0.4) is 0 Å². The van der Waals surface area contributed by atoms with Crippen molar-refractivity contribution in [1.82, 2.24) is 10.2 Å². The number of anilines is 2. The zero-order valence-electron chi connectivity index (χ0n) is 17.4. The molecule has 1 fully saturated rings. The number of benzene rings is 2. The molecule has 0 aliphatic carbocycles. The van der Waals surface area contributed by atoms with E-state index in [0.717, 1.165) is 13.1 Å². The maximum Gasteiger partial charge on any atom is 0.319 e. The second-order valence-electron chi connectivity index (χ2n) is 8.34. The van der Waals surface area contributed by atoms with Crippen molar-refractivity contribution >= 4 is 23.3 Å². The molecular formula is C23H30N4O2. The van der Waals surface area contributed by atoms with Gasteiger partial charge in [0.25, 0.3) is 0 Å². The number of hydrogen-bond donors (Lipinski definition) is 2. The Morgan fingerprint density at radius 3 is 2.10 bits per heavy atom. The first-order valence-corrected chi connectivity index (χ1v) is 10.1. The number of nitrogens with zero attached hydrogens (tertiary/aromatic N) is 2. The molecule has 2 aromatic rings. The van der Waals surface area contributed by atoms with Gasteiger partial charge in [0.15, 0.2) is 0 Å². The Kier molecular flexibility index (Phi) is 6.42. The van der Waals surface area contributed by atoms with Crippen molar-refractivity contribution in [2.24, 2.45) is 0 Å². The Bertz CT molecular complexity index is 820. The van der Waals surface area contributed by atoms with Gasteiger partial charge in [-0.05, 0) is 35.2 Å². The first kappa shape index (κ1) is 20.7. The molecular weight excluding hydrogens is 364 g/mol. The van der Waals surface area contributed by atoms with E-state index in [-0.39, 0.29) is 23.9 Å². The molecule has 3 rings (SSSR count). The number of urea groups is 1. The van der Waals surface area contributed by atoms with E-state index < -0.39 is 0 Å². The Morgan fingerprint density at radius 1 is 0.897 bits per heavy atom. The number of piperazine rings is 1. The van der Waals surface area contributed by atoms with E-state index >= 15 is 0 Å². The Balaban J connectivity index is 1.42. The van der Waals surface area contributed by atoms with E-state index in [4.69, 9.17) is 0 Å². The number of para-hydroxylation sites is 1. The van der Waals surface area contributed by atoms with E-state index in [9.17, 15) is 9.59 Å². The van der Waals surface area contributed by atoms with Crippen molar-refractivity contribution < 1.29 is 9.59 Å². The maximum absolute atomic E-state index is 12.4. The third-order valence-electron chi connectivity index (χ3n) is 5.16. The van der Waals surface area contributed by atoms with E-state index in [1.807, 2.05) is 42.5 Å². The minimum Gasteiger partial charge on any atom is -0.368 e. The number of nitrogens with one attached hydrogen (secondary N) is 2. The second-order valence-corrected chi connectivity index (χ2v) is 8.34. The summed E-state index contributed by atoms with van der Waals surface area (Å²) in [5.74, 6) is -0.0593. The quantitative estimate of drug-likeness (QED) is 0.835. The van der Waals surface area contributed by atoms with Crippen molar-refractivity contribution in [2.45, 2.75) is 26.2 Å². The van der Waals surface area contributed by atoms with Crippen LogP contribution in [0.15, 0.2) is 54.6 Å². The average Bonchev–Trinajstić information content (AvgIpc) is 2.72. The van der Waals surface area contributed by atoms with Gasteiger partial charge in [-0.25, -0.2) is 4.79 Å². The number of amides is 3. The predicted octanol–water partition coefficient (Wildman–Crippen LogP) is 3.45. The molecule has 6 nitrogen and oxygen atoms in total. The van der Waals surface area contributed by atoms with Crippen LogP contribution in [0.25, 0.3) is 0 Å². The molecule has 1 aliphatic heterocycles. The SMILES string of the molecule is CC(C)(C)c1ccc(NC(=O)NCC(=O)N2CCN(c3ccccc3)CC2)cc1. The molecule has 2 N–H and O–H groups in total. The fourth-order valence-corrected chi connectivity index (χ4v) is 3.35. The largest absolute Gasteiger partial charge is 0.368 e. The molecule has 1 heterocycles. The summed E-state index contributed by atoms with van der Waals surface area (Å²) in [6, 6.07) is 17.6. The van der Waals surface area contributed by atoms with Crippen LogP contribution in [-0.2, 0) is 10.2 Å². The van der Waals surface area contributed by atoms with Gasteiger partial charge < -0.3 is 20.4 Å². The van der Waals surface area contributed by atoms with Gasteiger partial charge in [-0.15, -0.1) is 0 Å². The van der Waals surface area contributed by atoms with E-state index in [1.54, 1.807) is 4.90 Å². The molecule has 0 spiro atoms. The summed E-state index contributed by atoms with van der Waals surface area (Å²) in [5.41, 5.74) is 3.15. The third kappa shape index (κ3) is 5.73. The molecule has 0 saturated carbocycles. The topological polar surface area (TPSA) is 64.7 Å². The lowest BCUT2D eigenvalue weighted by molar-refractivity contribution is -0.130. The highest BCUT2D eigenvalue weighted by Crippen LogP contribution is 2.23. The molecule has 1 saturated heterocycles. The van der Waals surface area contributed by atoms with Crippen LogP contribution >= 0.6 is 0 Å². The first-order chi connectivity index (χ1) is 13.8. The molecule has 1 aliphatic rings. The van der Waals surface area contributed by atoms with E-state index in [0.29, 0.717) is 18.8 Å². The van der Waals surface area contributed by atoms with Crippen LogP contribution in [0.1, 0.15) is 26.3 Å². The predicted molar refractivity (Wildman–Crippen MR) is 117 cm³/mol. The highest BCUT2D eigenvalue weighted by molar-refractivity contribution is 5.92. The Hall–Kier alpha value is -3.02. The van der Waals surface area contributed by atoms with Crippen LogP contribution in [0.5, 0.6) is 0 Å². The van der Waals surface area contributed by atoms with Crippen LogP contribution in [-0.4, -0.2) is 49.6 Å². The zero-order valence-corrected chi connectivity index (χ0v) is 17.4. The monoisotopic (exact) mass is 394 g/mol. The Labute approximate surface area is 172 Å². The number of carbonyl (C=O) groups excluding carboxylic acids is 2. The lowest BCUT2D eigenvalue weighted by Crippen LogP contribution is -2.51. The summed E-state index contributed by atoms with van der Waals surface area (Å²) >= 11 is 0. The summed E-state index contributed by atoms with van der Waals surface area (Å²) in [5, 5.41) is 5.44. The minimum atomic E-state index is -0.371. The molecule has 0 atom stereocenters. The van der Waals surface area contributed by atoms with Gasteiger partial charge in [-0.1, -0.05) is 51.1 Å². The molecule has 6 heteroatoms. The normalized spacial score (nSPS) is 14.4. The van der Waals surface area contributed by atoms with Gasteiger partial charge in [0, 0.05) is 37.6 Å². The fraction of sp³-hybridized carbons (Fsp3) is 0.391. The molecule has 29 heavy (non-hydrogen) atoms. The molecule has 0 radical (unpaired) electrons. The van der Waals surface area contributed by atoms with Crippen molar-refractivity contribution in [1.29, 1.82) is 0 Å². The average molecular weight is 395 g/mol. The first-order valence-electron chi connectivity index (χ1n) is 10.1. The van der Waals surface area contributed by atoms with E-state index in [2.05, 4.69) is 48.4 Å². The number of carbonyl (C=O) groups is 2. The number of rotatable bonds is 4. The summed E-state index contributed by atoms with van der Waals surface area (Å²) in [4.78, 5) is 28.6. The van der Waals surface area contributed by atoms with Gasteiger partial charge in [0.05, 0.1) is 6.54 Å². The van der Waals surface area contributed by atoms with Crippen molar-refractivity contribution in [3.05, 3.63) is 60.2 Å². The zero-order chi connectivity index (χ0) is 20.9. The lowest BCUT2D eigenvalue weighted by atomic mass is 9.87. The molecule has 0 bridgehead atoms. The third-order valence-corrected chi connectivity index (χ3v) is 5.16. The van der Waals surface area contributed by atoms with Gasteiger partial charge >= 0.3 is 6.03 Å². The van der Waals surface area contributed by atoms with Crippen LogP contribution in [0.4, 0.5) is 16.2 Å². The molecule has 0 aromatic heterocycles. The summed E-state index contributed by atoms with van der Waals surface area (Å²) in [7, 11) is 0. The van der Waals surface area contributed by atoms with Crippen molar-refractivity contribution in [3.8, 4) is 0 Å². The highest BCUT2D eigenvalue weighted by atomic mass is 16.2. The lowest BCUT2D eigenvalue weighted by Gasteiger charge is -2.36. The summed E-state index contributed by atoms with van der Waals surface area (Å²) in [6.07, 6.45) is 0. The van der Waals surface area contributed by atoms with Crippen molar-refractivity contribution in [3.63, 3.8) is 0 Å². The van der Waals surface area contributed by atoms with Gasteiger partial charge in [0.1, 0.15) is 0 Å². The van der Waals surface area contributed by atoms with Crippen molar-refractivity contribution in [2.75, 3.05) is 42.9 Å². The van der Waals surface area contributed by atoms with Crippen LogP contribution in [0, 0.1) is 0 Å². The minimum absolute atomic E-state index is 0.00273. The highest BCUT2D eigenvalue weighted by Gasteiger charge is 2.21. The molecule has 2 aromatic carbocycles. The maximum atomic E-state index is 12.4. The summed E-state index contributed by atoms with van der Waals surface area (Å²) < 4.78 is 0. The Morgan fingerprint density at radius 2 is 1.52 bits per heavy atom. The summed E-state index contributed by atoms with van der Waals surface area (Å²) in [6.45, 7) is 9.34. The molecule has 154 valence electrons. The smallest absolute Gasteiger partial charge is 0.319 e.